The van der Waals surface area contributed by atoms with Crippen molar-refractivity contribution in [3.8, 4) is 0 Å². The molecule has 3 aromatic rings. The predicted molar refractivity (Wildman–Crippen MR) is 96.2 cm³/mol. The summed E-state index contributed by atoms with van der Waals surface area (Å²) in [7, 11) is 0. The molecule has 0 unspecified atom stereocenters. The summed E-state index contributed by atoms with van der Waals surface area (Å²) in [5.74, 6) is 1.29. The molecule has 1 aliphatic carbocycles. The highest BCUT2D eigenvalue weighted by molar-refractivity contribution is 5.73. The second-order valence-electron chi connectivity index (χ2n) is 7.17. The Morgan fingerprint density at radius 2 is 1.96 bits per heavy atom. The van der Waals surface area contributed by atoms with Gasteiger partial charge in [-0.3, -0.25) is 9.78 Å². The largest absolute Gasteiger partial charge is 0.381 e. The number of nitrogens with zero attached hydrogens (tertiary/aromatic N) is 4. The summed E-state index contributed by atoms with van der Waals surface area (Å²) in [5, 5.41) is 5.03. The fourth-order valence-electron chi connectivity index (χ4n) is 4.10. The minimum atomic E-state index is -0.102. The zero-order valence-electron chi connectivity index (χ0n) is 14.5. The number of aromatic nitrogens is 5. The number of hydrogen-bond donors (Lipinski definition) is 1. The molecule has 0 spiro atoms. The van der Waals surface area contributed by atoms with Gasteiger partial charge in [0.05, 0.1) is 12.2 Å². The molecule has 1 aliphatic heterocycles. The molecule has 2 fully saturated rings. The molecular weight excluding hydrogens is 330 g/mol. The number of pyridine rings is 1. The fourth-order valence-corrected chi connectivity index (χ4v) is 4.10. The van der Waals surface area contributed by atoms with Crippen molar-refractivity contribution in [1.29, 1.82) is 0 Å². The minimum absolute atomic E-state index is 0.102. The average molecular weight is 351 g/mol. The lowest BCUT2D eigenvalue weighted by Crippen LogP contribution is -2.27. The maximum absolute atomic E-state index is 12.6. The first kappa shape index (κ1) is 15.7. The molecule has 0 aromatic carbocycles. The van der Waals surface area contributed by atoms with Crippen LogP contribution < -0.4 is 5.56 Å². The van der Waals surface area contributed by atoms with Gasteiger partial charge in [-0.25, -0.2) is 9.67 Å². The van der Waals surface area contributed by atoms with E-state index in [2.05, 4.69) is 21.1 Å². The van der Waals surface area contributed by atoms with Crippen molar-refractivity contribution in [2.24, 2.45) is 0 Å². The van der Waals surface area contributed by atoms with Crippen molar-refractivity contribution in [2.75, 3.05) is 13.2 Å². The van der Waals surface area contributed by atoms with Crippen molar-refractivity contribution in [2.45, 2.75) is 43.6 Å². The summed E-state index contributed by atoms with van der Waals surface area (Å²) in [6, 6.07) is 6.24. The second kappa shape index (κ2) is 6.32. The fraction of sp³-hybridized carbons (Fsp3) is 0.474. The van der Waals surface area contributed by atoms with Crippen molar-refractivity contribution in [3.63, 3.8) is 0 Å². The topological polar surface area (TPSA) is 85.7 Å². The third kappa shape index (κ3) is 2.54. The quantitative estimate of drug-likeness (QED) is 0.784. The van der Waals surface area contributed by atoms with Gasteiger partial charge in [-0.15, -0.1) is 0 Å². The highest BCUT2D eigenvalue weighted by Crippen LogP contribution is 2.47. The van der Waals surface area contributed by atoms with Gasteiger partial charge in [0.25, 0.3) is 5.56 Å². The third-order valence-corrected chi connectivity index (χ3v) is 5.71. The molecule has 26 heavy (non-hydrogen) atoms. The van der Waals surface area contributed by atoms with Crippen LogP contribution in [0.3, 0.4) is 0 Å². The molecule has 0 radical (unpaired) electrons. The Balaban J connectivity index is 1.53. The van der Waals surface area contributed by atoms with Crippen LogP contribution in [-0.4, -0.2) is 37.9 Å². The number of aromatic amines is 1. The van der Waals surface area contributed by atoms with Crippen molar-refractivity contribution in [1.82, 2.24) is 24.7 Å². The van der Waals surface area contributed by atoms with E-state index in [1.807, 2.05) is 23.0 Å². The van der Waals surface area contributed by atoms with Gasteiger partial charge in [-0.2, -0.15) is 5.10 Å². The molecule has 7 nitrogen and oxygen atoms in total. The van der Waals surface area contributed by atoms with Gasteiger partial charge in [0.15, 0.2) is 5.65 Å². The molecule has 0 bridgehead atoms. The summed E-state index contributed by atoms with van der Waals surface area (Å²) in [6.45, 7) is 1.46. The van der Waals surface area contributed by atoms with Crippen LogP contribution in [0, 0.1) is 0 Å². The van der Waals surface area contributed by atoms with Gasteiger partial charge in [0, 0.05) is 36.9 Å². The second-order valence-corrected chi connectivity index (χ2v) is 7.17. The third-order valence-electron chi connectivity index (χ3n) is 5.71. The number of nitrogens with one attached hydrogen (secondary N) is 1. The Bertz CT molecular complexity index is 975. The zero-order valence-corrected chi connectivity index (χ0v) is 14.5. The Hall–Kier alpha value is -2.54. The average Bonchev–Trinajstić information content (AvgIpc) is 3.07. The summed E-state index contributed by atoms with van der Waals surface area (Å²) in [6.07, 6.45) is 7.35. The van der Waals surface area contributed by atoms with Crippen molar-refractivity contribution >= 4 is 11.0 Å². The summed E-state index contributed by atoms with van der Waals surface area (Å²) < 4.78 is 7.37. The Kier molecular flexibility index (Phi) is 3.81. The van der Waals surface area contributed by atoms with Gasteiger partial charge in [0.1, 0.15) is 11.2 Å². The predicted octanol–water partition coefficient (Wildman–Crippen LogP) is 2.53. The standard InChI is InChI=1S/C19H21N5O2/c25-19-15-11-21-24(12-6-9-26-10-7-12)18(15)22-17(23-19)14-5-4-13(14)16-3-1-2-8-20-16/h1-3,8,11-14H,4-7,9-10H2,(H,22,23,25)/t13-,14-/m1/s1. The molecule has 7 heteroatoms. The van der Waals surface area contributed by atoms with Crippen LogP contribution in [0.4, 0.5) is 0 Å². The number of hydrogen-bond acceptors (Lipinski definition) is 5. The monoisotopic (exact) mass is 351 g/mol. The summed E-state index contributed by atoms with van der Waals surface area (Å²) in [4.78, 5) is 24.9. The number of H-pyrrole nitrogens is 1. The van der Waals surface area contributed by atoms with Crippen molar-refractivity contribution in [3.05, 3.63) is 52.5 Å². The van der Waals surface area contributed by atoms with Gasteiger partial charge in [-0.05, 0) is 37.8 Å². The van der Waals surface area contributed by atoms with Crippen molar-refractivity contribution < 1.29 is 4.74 Å². The van der Waals surface area contributed by atoms with E-state index in [1.165, 1.54) is 0 Å². The lowest BCUT2D eigenvalue weighted by molar-refractivity contribution is 0.0673. The highest BCUT2D eigenvalue weighted by atomic mass is 16.5. The Morgan fingerprint density at radius 3 is 2.69 bits per heavy atom. The van der Waals surface area contributed by atoms with E-state index in [1.54, 1.807) is 6.20 Å². The lowest BCUT2D eigenvalue weighted by atomic mass is 9.71. The first-order chi connectivity index (χ1) is 12.8. The lowest BCUT2D eigenvalue weighted by Gasteiger charge is -2.35. The normalized spacial score (nSPS) is 23.8. The van der Waals surface area contributed by atoms with Gasteiger partial charge >= 0.3 is 0 Å². The van der Waals surface area contributed by atoms with Gasteiger partial charge in [0.2, 0.25) is 0 Å². The van der Waals surface area contributed by atoms with E-state index in [4.69, 9.17) is 9.72 Å². The molecule has 3 aromatic heterocycles. The molecule has 134 valence electrons. The molecule has 1 saturated heterocycles. The Labute approximate surface area is 150 Å². The molecule has 2 atom stereocenters. The van der Waals surface area contributed by atoms with Gasteiger partial charge in [-0.1, -0.05) is 6.07 Å². The first-order valence-corrected chi connectivity index (χ1v) is 9.27. The molecule has 2 aliphatic rings. The first-order valence-electron chi connectivity index (χ1n) is 9.27. The SMILES string of the molecule is O=c1[nH]c([C@@H]2CC[C@H]2c2ccccn2)nc2c1cnn2C1CCOCC1. The smallest absolute Gasteiger partial charge is 0.262 e. The van der Waals surface area contributed by atoms with E-state index in [0.29, 0.717) is 17.0 Å². The van der Waals surface area contributed by atoms with Crippen LogP contribution in [0.2, 0.25) is 0 Å². The van der Waals surface area contributed by atoms with E-state index in [9.17, 15) is 4.79 Å². The summed E-state index contributed by atoms with van der Waals surface area (Å²) >= 11 is 0. The highest BCUT2D eigenvalue weighted by Gasteiger charge is 2.36. The van der Waals surface area contributed by atoms with Crippen LogP contribution in [-0.2, 0) is 4.74 Å². The minimum Gasteiger partial charge on any atom is -0.381 e. The number of rotatable bonds is 3. The number of ether oxygens (including phenoxy) is 1. The molecule has 1 N–H and O–H groups in total. The summed E-state index contributed by atoms with van der Waals surface area (Å²) in [5.41, 5.74) is 1.67. The van der Waals surface area contributed by atoms with E-state index in [0.717, 1.165) is 50.4 Å². The maximum atomic E-state index is 12.6. The van der Waals surface area contributed by atoms with Crippen LogP contribution >= 0.6 is 0 Å². The van der Waals surface area contributed by atoms with Crippen LogP contribution in [0.1, 0.15) is 55.1 Å². The van der Waals surface area contributed by atoms with Gasteiger partial charge < -0.3 is 9.72 Å². The molecule has 4 heterocycles. The zero-order chi connectivity index (χ0) is 17.5. The van der Waals surface area contributed by atoms with Crippen LogP contribution in [0.5, 0.6) is 0 Å². The number of fused-ring (bicyclic) bond motifs is 1. The molecule has 0 amide bonds. The van der Waals surface area contributed by atoms with E-state index in [-0.39, 0.29) is 17.5 Å². The van der Waals surface area contributed by atoms with E-state index < -0.39 is 0 Å². The van der Waals surface area contributed by atoms with Crippen LogP contribution in [0.15, 0.2) is 35.4 Å². The molecule has 5 rings (SSSR count). The van der Waals surface area contributed by atoms with E-state index >= 15 is 0 Å². The maximum Gasteiger partial charge on any atom is 0.262 e. The molecule has 1 saturated carbocycles. The Morgan fingerprint density at radius 1 is 1.12 bits per heavy atom. The van der Waals surface area contributed by atoms with Crippen LogP contribution in [0.25, 0.3) is 11.0 Å². The molecular formula is C19H21N5O2.